The molecule has 1 amide bonds. The van der Waals surface area contributed by atoms with E-state index in [1.807, 2.05) is 24.8 Å². The summed E-state index contributed by atoms with van der Waals surface area (Å²) in [6.07, 6.45) is 2.27. The van der Waals surface area contributed by atoms with Gasteiger partial charge in [0.2, 0.25) is 0 Å². The number of aromatic nitrogens is 1. The van der Waals surface area contributed by atoms with E-state index in [1.165, 1.54) is 0 Å². The van der Waals surface area contributed by atoms with Crippen LogP contribution < -0.4 is 5.56 Å². The molecule has 4 heterocycles. The fourth-order valence-corrected chi connectivity index (χ4v) is 4.10. The second-order valence-electron chi connectivity index (χ2n) is 7.13. The zero-order valence-corrected chi connectivity index (χ0v) is 14.8. The first-order valence-corrected chi connectivity index (χ1v) is 8.72. The van der Waals surface area contributed by atoms with Gasteiger partial charge in [-0.3, -0.25) is 14.5 Å². The average molecular weight is 333 g/mol. The van der Waals surface area contributed by atoms with Crippen LogP contribution in [0.5, 0.6) is 0 Å². The summed E-state index contributed by atoms with van der Waals surface area (Å²) in [5, 5.41) is 0. The summed E-state index contributed by atoms with van der Waals surface area (Å²) < 4.78 is 5.21. The van der Waals surface area contributed by atoms with E-state index in [-0.39, 0.29) is 11.5 Å². The lowest BCUT2D eigenvalue weighted by molar-refractivity contribution is 0.0715. The number of hydrogen-bond donors (Lipinski definition) is 1. The van der Waals surface area contributed by atoms with Crippen molar-refractivity contribution < 1.29 is 9.53 Å². The summed E-state index contributed by atoms with van der Waals surface area (Å²) in [6, 6.07) is 2.24. The van der Waals surface area contributed by atoms with Gasteiger partial charge < -0.3 is 14.6 Å². The lowest BCUT2D eigenvalue weighted by atomic mass is 9.95. The van der Waals surface area contributed by atoms with Crippen LogP contribution in [0.3, 0.4) is 0 Å². The van der Waals surface area contributed by atoms with Gasteiger partial charge in [-0.2, -0.15) is 0 Å². The SMILES string of the molecule is COCCN1C[C@@H]2CC[C@H]1CN(C(=O)c1c(C)cc(C)[nH]c1=O)C2. The molecule has 3 fully saturated rings. The van der Waals surface area contributed by atoms with Gasteiger partial charge in [-0.1, -0.05) is 0 Å². The molecule has 2 bridgehead atoms. The van der Waals surface area contributed by atoms with Gasteiger partial charge in [0.05, 0.1) is 6.61 Å². The molecule has 24 heavy (non-hydrogen) atoms. The van der Waals surface area contributed by atoms with Gasteiger partial charge in [-0.25, -0.2) is 0 Å². The molecule has 2 atom stereocenters. The highest BCUT2D eigenvalue weighted by atomic mass is 16.5. The first-order valence-electron chi connectivity index (χ1n) is 8.72. The van der Waals surface area contributed by atoms with Gasteiger partial charge in [0.1, 0.15) is 5.56 Å². The van der Waals surface area contributed by atoms with Gasteiger partial charge in [0, 0.05) is 45.0 Å². The normalized spacial score (nSPS) is 24.2. The number of rotatable bonds is 4. The number of nitrogens with zero attached hydrogens (tertiary/aromatic N) is 2. The number of nitrogens with one attached hydrogen (secondary N) is 1. The molecule has 1 aromatic heterocycles. The fraction of sp³-hybridized carbons (Fsp3) is 0.667. The van der Waals surface area contributed by atoms with E-state index in [9.17, 15) is 9.59 Å². The van der Waals surface area contributed by atoms with Crippen LogP contribution in [0.1, 0.15) is 34.5 Å². The quantitative estimate of drug-likeness (QED) is 0.898. The Labute approximate surface area is 142 Å². The number of H-pyrrole nitrogens is 1. The highest BCUT2D eigenvalue weighted by molar-refractivity contribution is 5.95. The third-order valence-corrected chi connectivity index (χ3v) is 5.28. The van der Waals surface area contributed by atoms with Crippen LogP contribution in [-0.4, -0.2) is 66.6 Å². The van der Waals surface area contributed by atoms with Gasteiger partial charge in [0.25, 0.3) is 11.5 Å². The van der Waals surface area contributed by atoms with E-state index >= 15 is 0 Å². The Bertz CT molecular complexity index is 670. The van der Waals surface area contributed by atoms with Crippen LogP contribution in [0, 0.1) is 19.8 Å². The molecule has 1 aromatic rings. The van der Waals surface area contributed by atoms with Crippen LogP contribution in [0.15, 0.2) is 10.9 Å². The minimum absolute atomic E-state index is 0.126. The molecule has 0 aromatic carbocycles. The highest BCUT2D eigenvalue weighted by Gasteiger charge is 2.37. The largest absolute Gasteiger partial charge is 0.383 e. The summed E-state index contributed by atoms with van der Waals surface area (Å²) in [4.78, 5) is 32.4. The lowest BCUT2D eigenvalue weighted by Gasteiger charge is -2.35. The van der Waals surface area contributed by atoms with Gasteiger partial charge in [0.15, 0.2) is 0 Å². The summed E-state index contributed by atoms with van der Waals surface area (Å²) in [5.74, 6) is 0.355. The van der Waals surface area contributed by atoms with Crippen molar-refractivity contribution in [3.05, 3.63) is 33.2 Å². The van der Waals surface area contributed by atoms with E-state index in [0.29, 0.717) is 30.7 Å². The van der Waals surface area contributed by atoms with E-state index < -0.39 is 0 Å². The van der Waals surface area contributed by atoms with E-state index in [4.69, 9.17) is 4.74 Å². The molecule has 0 unspecified atom stereocenters. The molecule has 3 aliphatic heterocycles. The molecular formula is C18H27N3O3. The van der Waals surface area contributed by atoms with Crippen LogP contribution in [0.2, 0.25) is 0 Å². The average Bonchev–Trinajstić information content (AvgIpc) is 2.83. The van der Waals surface area contributed by atoms with Crippen LogP contribution in [-0.2, 0) is 4.74 Å². The summed E-state index contributed by atoms with van der Waals surface area (Å²) >= 11 is 0. The van der Waals surface area contributed by atoms with E-state index in [2.05, 4.69) is 9.88 Å². The predicted octanol–water partition coefficient (Wildman–Crippen LogP) is 1.17. The number of ether oxygens (including phenoxy) is 1. The third kappa shape index (κ3) is 3.39. The van der Waals surface area contributed by atoms with Crippen molar-refractivity contribution in [1.82, 2.24) is 14.8 Å². The number of pyridine rings is 1. The monoisotopic (exact) mass is 333 g/mol. The van der Waals surface area contributed by atoms with Crippen molar-refractivity contribution in [2.24, 2.45) is 5.92 Å². The maximum atomic E-state index is 13.0. The van der Waals surface area contributed by atoms with Crippen LogP contribution in [0.4, 0.5) is 0 Å². The van der Waals surface area contributed by atoms with E-state index in [1.54, 1.807) is 7.11 Å². The zero-order chi connectivity index (χ0) is 17.3. The second-order valence-corrected chi connectivity index (χ2v) is 7.13. The first-order chi connectivity index (χ1) is 11.5. The van der Waals surface area contributed by atoms with Crippen molar-refractivity contribution >= 4 is 5.91 Å². The first kappa shape index (κ1) is 17.2. The summed E-state index contributed by atoms with van der Waals surface area (Å²) in [5.41, 5.74) is 1.57. The molecule has 6 nitrogen and oxygen atoms in total. The number of aromatic amines is 1. The molecule has 132 valence electrons. The number of aryl methyl sites for hydroxylation is 2. The molecule has 0 aliphatic carbocycles. The van der Waals surface area contributed by atoms with Crippen molar-refractivity contribution in [3.8, 4) is 0 Å². The number of methoxy groups -OCH3 is 1. The summed E-state index contributed by atoms with van der Waals surface area (Å²) in [7, 11) is 1.72. The molecule has 0 saturated carbocycles. The predicted molar refractivity (Wildman–Crippen MR) is 92.4 cm³/mol. The second kappa shape index (κ2) is 7.07. The number of fused-ring (bicyclic) bond motifs is 4. The number of carbonyl (C=O) groups is 1. The standard InChI is InChI=1S/C18H27N3O3/c1-12-8-13(2)19-17(22)16(12)18(23)21-10-14-4-5-15(11-21)20(9-14)6-7-24-3/h8,14-15H,4-7,9-11H2,1-3H3,(H,19,22)/t14-,15-/m0/s1. The number of amides is 1. The van der Waals surface area contributed by atoms with Crippen molar-refractivity contribution in [2.75, 3.05) is 39.9 Å². The minimum atomic E-state index is -0.273. The topological polar surface area (TPSA) is 65.6 Å². The van der Waals surface area contributed by atoms with Gasteiger partial charge in [-0.15, -0.1) is 0 Å². The molecule has 0 spiro atoms. The molecule has 0 radical (unpaired) electrons. The minimum Gasteiger partial charge on any atom is -0.383 e. The summed E-state index contributed by atoms with van der Waals surface area (Å²) in [6.45, 7) is 7.76. The van der Waals surface area contributed by atoms with Crippen molar-refractivity contribution in [2.45, 2.75) is 32.7 Å². The maximum absolute atomic E-state index is 13.0. The fourth-order valence-electron chi connectivity index (χ4n) is 4.10. The van der Waals surface area contributed by atoms with E-state index in [0.717, 1.165) is 43.7 Å². The van der Waals surface area contributed by atoms with Crippen LogP contribution in [0.25, 0.3) is 0 Å². The third-order valence-electron chi connectivity index (χ3n) is 5.28. The molecule has 1 N–H and O–H groups in total. The zero-order valence-electron chi connectivity index (χ0n) is 14.8. The molecule has 4 rings (SSSR count). The molecule has 3 aliphatic rings. The molecule has 3 saturated heterocycles. The molecule has 6 heteroatoms. The lowest BCUT2D eigenvalue weighted by Crippen LogP contribution is -2.46. The van der Waals surface area contributed by atoms with Crippen molar-refractivity contribution in [3.63, 3.8) is 0 Å². The Morgan fingerprint density at radius 2 is 2.08 bits per heavy atom. The van der Waals surface area contributed by atoms with Crippen molar-refractivity contribution in [1.29, 1.82) is 0 Å². The smallest absolute Gasteiger partial charge is 0.261 e. The number of carbonyl (C=O) groups excluding carboxylic acids is 1. The Morgan fingerprint density at radius 3 is 2.79 bits per heavy atom. The molecular weight excluding hydrogens is 306 g/mol. The van der Waals surface area contributed by atoms with Crippen LogP contribution >= 0.6 is 0 Å². The highest BCUT2D eigenvalue weighted by Crippen LogP contribution is 2.28. The van der Waals surface area contributed by atoms with Gasteiger partial charge in [-0.05, 0) is 44.2 Å². The Kier molecular flexibility index (Phi) is 5.06. The van der Waals surface area contributed by atoms with Gasteiger partial charge >= 0.3 is 0 Å². The Hall–Kier alpha value is -1.66. The number of hydrogen-bond acceptors (Lipinski definition) is 4. The number of piperidine rings is 1. The maximum Gasteiger partial charge on any atom is 0.261 e. The Morgan fingerprint density at radius 1 is 1.29 bits per heavy atom. The Balaban J connectivity index is 1.81.